The number of rotatable bonds is 3. The maximum atomic E-state index is 9.63. The lowest BCUT2D eigenvalue weighted by molar-refractivity contribution is 0.199. The largest absolute Gasteiger partial charge is 0.389 e. The Kier molecular flexibility index (Phi) is 4.23. The molecule has 2 nitrogen and oxygen atoms in total. The van der Waals surface area contributed by atoms with Crippen molar-refractivity contribution >= 4 is 34.7 Å². The minimum absolute atomic E-state index is 0.464. The molecule has 1 aromatic heterocycles. The summed E-state index contributed by atoms with van der Waals surface area (Å²) in [5.74, 6) is 0. The Bertz CT molecular complexity index is 840. The third-order valence-electron chi connectivity index (χ3n) is 3.52. The molecule has 1 atom stereocenters. The van der Waals surface area contributed by atoms with Crippen LogP contribution < -0.4 is 0 Å². The lowest BCUT2D eigenvalue weighted by Crippen LogP contribution is -1.90. The number of aliphatic hydroxyl groups excluding tert-OH is 1. The van der Waals surface area contributed by atoms with Crippen molar-refractivity contribution in [3.8, 4) is 0 Å². The van der Waals surface area contributed by atoms with E-state index in [2.05, 4.69) is 4.98 Å². The van der Waals surface area contributed by atoms with Gasteiger partial charge in [0.25, 0.3) is 0 Å². The van der Waals surface area contributed by atoms with Crippen LogP contribution >= 0.6 is 11.6 Å². The van der Waals surface area contributed by atoms with Crippen LogP contribution in [0.15, 0.2) is 54.6 Å². The molecule has 0 saturated heterocycles. The van der Waals surface area contributed by atoms with Crippen LogP contribution in [0.5, 0.6) is 0 Å². The average molecular weight is 310 g/mol. The van der Waals surface area contributed by atoms with Gasteiger partial charge in [0.15, 0.2) is 0 Å². The van der Waals surface area contributed by atoms with E-state index in [4.69, 9.17) is 11.6 Å². The van der Waals surface area contributed by atoms with Gasteiger partial charge >= 0.3 is 0 Å². The molecule has 22 heavy (non-hydrogen) atoms. The Labute approximate surface area is 134 Å². The average Bonchev–Trinajstić information content (AvgIpc) is 2.52. The second kappa shape index (κ2) is 6.30. The molecule has 0 amide bonds. The fourth-order valence-electron chi connectivity index (χ4n) is 2.30. The fraction of sp³-hybridized carbons (Fsp3) is 0.105. The zero-order valence-corrected chi connectivity index (χ0v) is 13.0. The van der Waals surface area contributed by atoms with Gasteiger partial charge in [-0.25, -0.2) is 4.98 Å². The van der Waals surface area contributed by atoms with E-state index in [-0.39, 0.29) is 0 Å². The standard InChI is InChI=1S/C19H16ClNO/c1-13(22)16-4-2-3-14(11-16)5-9-18-10-7-15-6-8-17(20)12-19(15)21-18/h2-13,22H,1H3/b9-5+/t13-/m1/s1. The van der Waals surface area contributed by atoms with Crippen LogP contribution in [0.3, 0.4) is 0 Å². The summed E-state index contributed by atoms with van der Waals surface area (Å²) in [7, 11) is 0. The zero-order chi connectivity index (χ0) is 15.5. The first-order chi connectivity index (χ1) is 10.6. The van der Waals surface area contributed by atoms with Gasteiger partial charge in [-0.15, -0.1) is 0 Å². The molecular formula is C19H16ClNO. The summed E-state index contributed by atoms with van der Waals surface area (Å²) >= 11 is 6.01. The van der Waals surface area contributed by atoms with Gasteiger partial charge in [-0.05, 0) is 48.4 Å². The molecule has 0 aliphatic rings. The maximum absolute atomic E-state index is 9.63. The molecular weight excluding hydrogens is 294 g/mol. The number of pyridine rings is 1. The van der Waals surface area contributed by atoms with Crippen LogP contribution in [0.25, 0.3) is 23.1 Å². The predicted molar refractivity (Wildman–Crippen MR) is 92.8 cm³/mol. The van der Waals surface area contributed by atoms with E-state index < -0.39 is 6.10 Å². The van der Waals surface area contributed by atoms with Gasteiger partial charge < -0.3 is 5.11 Å². The third kappa shape index (κ3) is 3.35. The monoisotopic (exact) mass is 309 g/mol. The van der Waals surface area contributed by atoms with E-state index in [1.54, 1.807) is 6.92 Å². The molecule has 1 N–H and O–H groups in total. The summed E-state index contributed by atoms with van der Waals surface area (Å²) in [5.41, 5.74) is 3.69. The summed E-state index contributed by atoms with van der Waals surface area (Å²) < 4.78 is 0. The summed E-state index contributed by atoms with van der Waals surface area (Å²) in [4.78, 5) is 4.59. The van der Waals surface area contributed by atoms with Crippen LogP contribution in [0, 0.1) is 0 Å². The quantitative estimate of drug-likeness (QED) is 0.729. The van der Waals surface area contributed by atoms with Crippen LogP contribution in [0.4, 0.5) is 0 Å². The van der Waals surface area contributed by atoms with E-state index in [1.807, 2.05) is 66.7 Å². The number of benzene rings is 2. The molecule has 0 bridgehead atoms. The third-order valence-corrected chi connectivity index (χ3v) is 3.75. The molecule has 110 valence electrons. The number of hydrogen-bond acceptors (Lipinski definition) is 2. The number of hydrogen-bond donors (Lipinski definition) is 1. The summed E-state index contributed by atoms with van der Waals surface area (Å²) in [6.45, 7) is 1.76. The molecule has 1 heterocycles. The number of nitrogens with zero attached hydrogens (tertiary/aromatic N) is 1. The molecule has 0 unspecified atom stereocenters. The second-order valence-electron chi connectivity index (χ2n) is 5.25. The van der Waals surface area contributed by atoms with Gasteiger partial charge in [0.05, 0.1) is 17.3 Å². The molecule has 3 aromatic rings. The number of halogens is 1. The van der Waals surface area contributed by atoms with Gasteiger partial charge in [0.1, 0.15) is 0 Å². The van der Waals surface area contributed by atoms with Gasteiger partial charge in [0, 0.05) is 10.4 Å². The molecule has 2 aromatic carbocycles. The van der Waals surface area contributed by atoms with Crippen LogP contribution in [0.2, 0.25) is 5.02 Å². The highest BCUT2D eigenvalue weighted by Crippen LogP contribution is 2.19. The molecule has 0 aliphatic heterocycles. The smallest absolute Gasteiger partial charge is 0.0762 e. The molecule has 0 radical (unpaired) electrons. The number of aromatic nitrogens is 1. The van der Waals surface area contributed by atoms with Crippen molar-refractivity contribution in [1.29, 1.82) is 0 Å². The van der Waals surface area contributed by atoms with Crippen LogP contribution in [-0.4, -0.2) is 10.1 Å². The van der Waals surface area contributed by atoms with Crippen LogP contribution in [0.1, 0.15) is 29.8 Å². The van der Waals surface area contributed by atoms with E-state index in [0.29, 0.717) is 5.02 Å². The van der Waals surface area contributed by atoms with E-state index >= 15 is 0 Å². The van der Waals surface area contributed by atoms with Gasteiger partial charge in [0.2, 0.25) is 0 Å². The lowest BCUT2D eigenvalue weighted by atomic mass is 10.1. The lowest BCUT2D eigenvalue weighted by Gasteiger charge is -2.05. The van der Waals surface area contributed by atoms with Crippen molar-refractivity contribution in [3.05, 3.63) is 76.4 Å². The Morgan fingerprint density at radius 2 is 1.86 bits per heavy atom. The summed E-state index contributed by atoms with van der Waals surface area (Å²) in [6.07, 6.45) is 3.49. The second-order valence-corrected chi connectivity index (χ2v) is 5.69. The van der Waals surface area contributed by atoms with Crippen molar-refractivity contribution in [1.82, 2.24) is 4.98 Å². The molecule has 0 fully saturated rings. The molecule has 0 saturated carbocycles. The van der Waals surface area contributed by atoms with E-state index in [0.717, 1.165) is 27.7 Å². The minimum Gasteiger partial charge on any atom is -0.389 e. The van der Waals surface area contributed by atoms with Crippen molar-refractivity contribution in [2.24, 2.45) is 0 Å². The fourth-order valence-corrected chi connectivity index (χ4v) is 2.47. The van der Waals surface area contributed by atoms with Crippen LogP contribution in [-0.2, 0) is 0 Å². The Morgan fingerprint density at radius 1 is 1.05 bits per heavy atom. The Morgan fingerprint density at radius 3 is 2.68 bits per heavy atom. The molecule has 0 aliphatic carbocycles. The summed E-state index contributed by atoms with van der Waals surface area (Å²) in [5, 5.41) is 11.4. The topological polar surface area (TPSA) is 33.1 Å². The van der Waals surface area contributed by atoms with Gasteiger partial charge in [-0.2, -0.15) is 0 Å². The molecule has 3 rings (SSSR count). The Hall–Kier alpha value is -2.16. The molecule has 3 heteroatoms. The van der Waals surface area contributed by atoms with Crippen molar-refractivity contribution in [2.45, 2.75) is 13.0 Å². The highest BCUT2D eigenvalue weighted by molar-refractivity contribution is 6.31. The van der Waals surface area contributed by atoms with Gasteiger partial charge in [-0.3, -0.25) is 0 Å². The first kappa shape index (κ1) is 14.8. The van der Waals surface area contributed by atoms with E-state index in [9.17, 15) is 5.11 Å². The minimum atomic E-state index is -0.464. The highest BCUT2D eigenvalue weighted by Gasteiger charge is 2.00. The maximum Gasteiger partial charge on any atom is 0.0762 e. The van der Waals surface area contributed by atoms with Crippen molar-refractivity contribution in [3.63, 3.8) is 0 Å². The zero-order valence-electron chi connectivity index (χ0n) is 12.2. The predicted octanol–water partition coefficient (Wildman–Crippen LogP) is 5.11. The molecule has 0 spiro atoms. The van der Waals surface area contributed by atoms with E-state index in [1.165, 1.54) is 0 Å². The normalized spacial score (nSPS) is 12.9. The van der Waals surface area contributed by atoms with Gasteiger partial charge in [-0.1, -0.05) is 48.0 Å². The Balaban J connectivity index is 1.90. The van der Waals surface area contributed by atoms with Crippen molar-refractivity contribution < 1.29 is 5.11 Å². The first-order valence-corrected chi connectivity index (χ1v) is 7.52. The number of aliphatic hydroxyl groups is 1. The number of fused-ring (bicyclic) bond motifs is 1. The highest BCUT2D eigenvalue weighted by atomic mass is 35.5. The SMILES string of the molecule is C[C@@H](O)c1cccc(/C=C/c2ccc3ccc(Cl)cc3n2)c1. The van der Waals surface area contributed by atoms with Crippen molar-refractivity contribution in [2.75, 3.05) is 0 Å². The first-order valence-electron chi connectivity index (χ1n) is 7.14. The summed E-state index contributed by atoms with van der Waals surface area (Å²) in [6, 6.07) is 17.5.